The summed E-state index contributed by atoms with van der Waals surface area (Å²) in [5.74, 6) is -1.16. The molecule has 10 heteroatoms. The summed E-state index contributed by atoms with van der Waals surface area (Å²) in [5, 5.41) is 30.3. The van der Waals surface area contributed by atoms with E-state index in [0.717, 1.165) is 0 Å². The molecule has 0 aliphatic carbocycles. The number of anilines is 4. The standard InChI is InChI=1S/C24H14F2N6.CH2O2/c25-20-11-18(17-5-1-15(13-27)2-6-17)12-21(26)23(20)31-22-9-10-29-24(32-22)30-19-7-3-16(14-28)4-8-19;2-1-3/h1-12H,(H2,29,30,31,32);1H,(H,2,3). The summed E-state index contributed by atoms with van der Waals surface area (Å²) in [6, 6.07) is 21.1. The summed E-state index contributed by atoms with van der Waals surface area (Å²) in [5.41, 5.74) is 2.23. The molecule has 4 rings (SSSR count). The van der Waals surface area contributed by atoms with E-state index in [-0.39, 0.29) is 23.9 Å². The van der Waals surface area contributed by atoms with Crippen molar-refractivity contribution in [1.82, 2.24) is 9.97 Å². The van der Waals surface area contributed by atoms with Crippen LogP contribution in [0, 0.1) is 34.3 Å². The molecule has 0 bridgehead atoms. The van der Waals surface area contributed by atoms with Gasteiger partial charge in [0.25, 0.3) is 6.47 Å². The molecular formula is C25H16F2N6O2. The maximum Gasteiger partial charge on any atom is 0.290 e. The summed E-state index contributed by atoms with van der Waals surface area (Å²) >= 11 is 0. The molecule has 0 saturated carbocycles. The zero-order chi connectivity index (χ0) is 25.2. The fourth-order valence-corrected chi connectivity index (χ4v) is 2.97. The SMILES string of the molecule is N#Cc1ccc(Nc2nccc(Nc3c(F)cc(-c4ccc(C#N)cc4)cc3F)n2)cc1.O=CO. The second-order valence-corrected chi connectivity index (χ2v) is 6.81. The maximum atomic E-state index is 14.7. The predicted octanol–water partition coefficient (Wildman–Crippen LogP) is 5.35. The molecule has 0 atom stereocenters. The highest BCUT2D eigenvalue weighted by molar-refractivity contribution is 5.69. The Morgan fingerprint density at radius 3 is 1.91 bits per heavy atom. The lowest BCUT2D eigenvalue weighted by atomic mass is 10.0. The normalized spacial score (nSPS) is 9.60. The van der Waals surface area contributed by atoms with E-state index in [1.165, 1.54) is 24.4 Å². The summed E-state index contributed by atoms with van der Waals surface area (Å²) in [6.07, 6.45) is 1.45. The van der Waals surface area contributed by atoms with E-state index in [1.54, 1.807) is 48.5 Å². The molecule has 1 aromatic heterocycles. The number of nitriles is 2. The van der Waals surface area contributed by atoms with Gasteiger partial charge < -0.3 is 15.7 Å². The first-order chi connectivity index (χ1) is 17.0. The third-order valence-corrected chi connectivity index (χ3v) is 4.57. The fraction of sp³-hybridized carbons (Fsp3) is 0. The highest BCUT2D eigenvalue weighted by Crippen LogP contribution is 2.29. The number of nitrogens with one attached hydrogen (secondary N) is 2. The molecule has 0 unspecified atom stereocenters. The average molecular weight is 470 g/mol. The lowest BCUT2D eigenvalue weighted by Crippen LogP contribution is -2.03. The van der Waals surface area contributed by atoms with Gasteiger partial charge in [0.05, 0.1) is 23.3 Å². The molecule has 0 saturated heterocycles. The van der Waals surface area contributed by atoms with Crippen molar-refractivity contribution in [3.63, 3.8) is 0 Å². The topological polar surface area (TPSA) is 135 Å². The molecule has 0 aliphatic heterocycles. The number of aromatic nitrogens is 2. The van der Waals surface area contributed by atoms with Crippen LogP contribution in [-0.2, 0) is 4.79 Å². The van der Waals surface area contributed by atoms with Gasteiger partial charge in [-0.05, 0) is 65.7 Å². The van der Waals surface area contributed by atoms with Crippen molar-refractivity contribution in [2.45, 2.75) is 0 Å². The third-order valence-electron chi connectivity index (χ3n) is 4.57. The molecule has 0 amide bonds. The number of halogens is 2. The predicted molar refractivity (Wildman–Crippen MR) is 125 cm³/mol. The Labute approximate surface area is 198 Å². The minimum Gasteiger partial charge on any atom is -0.483 e. The van der Waals surface area contributed by atoms with E-state index in [9.17, 15) is 8.78 Å². The molecule has 0 aliphatic rings. The highest BCUT2D eigenvalue weighted by atomic mass is 19.1. The van der Waals surface area contributed by atoms with Crippen molar-refractivity contribution in [1.29, 1.82) is 10.5 Å². The van der Waals surface area contributed by atoms with Gasteiger partial charge in [0.2, 0.25) is 5.95 Å². The number of rotatable bonds is 5. The average Bonchev–Trinajstić information content (AvgIpc) is 2.87. The minimum absolute atomic E-state index is 0.195. The minimum atomic E-state index is -0.787. The molecular weight excluding hydrogens is 454 g/mol. The van der Waals surface area contributed by atoms with E-state index < -0.39 is 11.6 Å². The molecule has 0 radical (unpaired) electrons. The van der Waals surface area contributed by atoms with Crippen molar-refractivity contribution < 1.29 is 18.7 Å². The number of benzene rings is 3. The zero-order valence-electron chi connectivity index (χ0n) is 17.9. The van der Waals surface area contributed by atoms with Gasteiger partial charge in [-0.25, -0.2) is 13.8 Å². The van der Waals surface area contributed by atoms with Gasteiger partial charge in [-0.3, -0.25) is 4.79 Å². The monoisotopic (exact) mass is 470 g/mol. The van der Waals surface area contributed by atoms with Crippen LogP contribution in [0.15, 0.2) is 72.9 Å². The zero-order valence-corrected chi connectivity index (χ0v) is 17.9. The summed E-state index contributed by atoms with van der Waals surface area (Å²) in [7, 11) is 0. The van der Waals surface area contributed by atoms with E-state index >= 15 is 0 Å². The Hall–Kier alpha value is -5.35. The van der Waals surface area contributed by atoms with Crippen LogP contribution in [0.2, 0.25) is 0 Å². The number of hydrogen-bond acceptors (Lipinski definition) is 7. The summed E-state index contributed by atoms with van der Waals surface area (Å²) < 4.78 is 29.4. The summed E-state index contributed by atoms with van der Waals surface area (Å²) in [4.78, 5) is 16.7. The molecule has 4 aromatic rings. The van der Waals surface area contributed by atoms with Crippen molar-refractivity contribution >= 4 is 29.6 Å². The van der Waals surface area contributed by atoms with Crippen molar-refractivity contribution in [3.05, 3.63) is 95.7 Å². The second kappa shape index (κ2) is 11.5. The lowest BCUT2D eigenvalue weighted by molar-refractivity contribution is -0.122. The van der Waals surface area contributed by atoms with E-state index in [1.807, 2.05) is 12.1 Å². The Morgan fingerprint density at radius 1 is 0.829 bits per heavy atom. The Bertz CT molecular complexity index is 1390. The van der Waals surface area contributed by atoms with Crippen molar-refractivity contribution in [2.75, 3.05) is 10.6 Å². The smallest absolute Gasteiger partial charge is 0.290 e. The van der Waals surface area contributed by atoms with Crippen molar-refractivity contribution in [3.8, 4) is 23.3 Å². The molecule has 1 heterocycles. The Kier molecular flexibility index (Phi) is 7.98. The number of nitrogens with zero attached hydrogens (tertiary/aromatic N) is 4. The molecule has 3 N–H and O–H groups in total. The van der Waals surface area contributed by atoms with Crippen LogP contribution < -0.4 is 10.6 Å². The fourth-order valence-electron chi connectivity index (χ4n) is 2.97. The van der Waals surface area contributed by atoms with Gasteiger partial charge >= 0.3 is 0 Å². The Morgan fingerprint density at radius 2 is 1.37 bits per heavy atom. The van der Waals surface area contributed by atoms with Crippen molar-refractivity contribution in [2.24, 2.45) is 0 Å². The number of hydrogen-bond donors (Lipinski definition) is 3. The molecule has 0 spiro atoms. The molecule has 35 heavy (non-hydrogen) atoms. The first-order valence-electron chi connectivity index (χ1n) is 9.92. The third kappa shape index (κ3) is 6.34. The number of carboxylic acid groups (broad SMARTS) is 1. The summed E-state index contributed by atoms with van der Waals surface area (Å²) in [6.45, 7) is -0.250. The quantitative estimate of drug-likeness (QED) is 0.332. The van der Waals surface area contributed by atoms with Crippen LogP contribution in [0.4, 0.5) is 31.9 Å². The van der Waals surface area contributed by atoms with E-state index in [0.29, 0.717) is 27.9 Å². The van der Waals surface area contributed by atoms with Gasteiger partial charge in [-0.15, -0.1) is 0 Å². The van der Waals surface area contributed by atoms with Gasteiger partial charge in [-0.2, -0.15) is 15.5 Å². The first kappa shape index (κ1) is 24.3. The molecule has 172 valence electrons. The van der Waals surface area contributed by atoms with Crippen LogP contribution in [0.3, 0.4) is 0 Å². The van der Waals surface area contributed by atoms with Crippen LogP contribution in [0.1, 0.15) is 11.1 Å². The highest BCUT2D eigenvalue weighted by Gasteiger charge is 2.14. The van der Waals surface area contributed by atoms with Crippen LogP contribution in [0.5, 0.6) is 0 Å². The largest absolute Gasteiger partial charge is 0.483 e. The van der Waals surface area contributed by atoms with Gasteiger partial charge in [0, 0.05) is 11.9 Å². The van der Waals surface area contributed by atoms with Gasteiger partial charge in [0.15, 0.2) is 0 Å². The first-order valence-corrected chi connectivity index (χ1v) is 9.92. The van der Waals surface area contributed by atoms with Crippen LogP contribution in [0.25, 0.3) is 11.1 Å². The van der Waals surface area contributed by atoms with E-state index in [4.69, 9.17) is 20.4 Å². The van der Waals surface area contributed by atoms with Gasteiger partial charge in [-0.1, -0.05) is 12.1 Å². The molecule has 0 fully saturated rings. The Balaban J connectivity index is 0.00000108. The van der Waals surface area contributed by atoms with Crippen LogP contribution in [-0.4, -0.2) is 21.5 Å². The maximum absolute atomic E-state index is 14.7. The molecule has 3 aromatic carbocycles. The van der Waals surface area contributed by atoms with E-state index in [2.05, 4.69) is 20.6 Å². The van der Waals surface area contributed by atoms with Crippen LogP contribution >= 0.6 is 0 Å². The lowest BCUT2D eigenvalue weighted by Gasteiger charge is -2.12. The second-order valence-electron chi connectivity index (χ2n) is 6.81. The number of carbonyl (C=O) groups is 1. The van der Waals surface area contributed by atoms with Gasteiger partial charge in [0.1, 0.15) is 23.1 Å². The molecule has 8 nitrogen and oxygen atoms in total.